The van der Waals surface area contributed by atoms with E-state index in [4.69, 9.17) is 11.6 Å². The van der Waals surface area contributed by atoms with E-state index in [0.717, 1.165) is 11.3 Å². The van der Waals surface area contributed by atoms with Crippen LogP contribution < -0.4 is 5.32 Å². The molecule has 1 aromatic heterocycles. The van der Waals surface area contributed by atoms with Crippen molar-refractivity contribution in [1.29, 1.82) is 0 Å². The van der Waals surface area contributed by atoms with Gasteiger partial charge in [-0.1, -0.05) is 29.8 Å². The second-order valence-corrected chi connectivity index (χ2v) is 5.63. The Labute approximate surface area is 124 Å². The van der Waals surface area contributed by atoms with Crippen LogP contribution in [0.2, 0.25) is 5.02 Å². The Hall–Kier alpha value is -1.87. The molecule has 0 aliphatic rings. The fraction of sp³-hybridized carbons (Fsp3) is 0.250. The molecule has 104 valence electrons. The Morgan fingerprint density at radius 1 is 1.20 bits per heavy atom. The second kappa shape index (κ2) is 5.63. The van der Waals surface area contributed by atoms with Crippen LogP contribution in [0.3, 0.4) is 0 Å². The van der Waals surface area contributed by atoms with Gasteiger partial charge in [-0.25, -0.2) is 0 Å². The Morgan fingerprint density at radius 2 is 1.95 bits per heavy atom. The number of nitrogens with zero attached hydrogens (tertiary/aromatic N) is 1. The first kappa shape index (κ1) is 14.5. The molecule has 0 saturated heterocycles. The molecule has 3 nitrogen and oxygen atoms in total. The predicted molar refractivity (Wildman–Crippen MR) is 80.9 cm³/mol. The lowest BCUT2D eigenvalue weighted by atomic mass is 9.98. The van der Waals surface area contributed by atoms with E-state index >= 15 is 0 Å². The minimum absolute atomic E-state index is 0.191. The highest BCUT2D eigenvalue weighted by Gasteiger charge is 2.26. The molecule has 0 saturated carbocycles. The number of carbonyl (C=O) groups excluding carboxylic acids is 1. The molecule has 0 radical (unpaired) electrons. The van der Waals surface area contributed by atoms with Gasteiger partial charge in [0.05, 0.1) is 21.8 Å². The average Bonchev–Trinajstić information content (AvgIpc) is 2.39. The van der Waals surface area contributed by atoms with Gasteiger partial charge in [-0.2, -0.15) is 0 Å². The van der Waals surface area contributed by atoms with E-state index in [9.17, 15) is 4.79 Å². The van der Waals surface area contributed by atoms with Crippen LogP contribution in [0.4, 0.5) is 0 Å². The van der Waals surface area contributed by atoms with Crippen molar-refractivity contribution >= 4 is 17.5 Å². The number of pyridine rings is 1. The van der Waals surface area contributed by atoms with E-state index in [0.29, 0.717) is 10.6 Å². The number of rotatable bonds is 3. The minimum Gasteiger partial charge on any atom is -0.341 e. The predicted octanol–water partition coefficient (Wildman–Crippen LogP) is 3.71. The summed E-state index contributed by atoms with van der Waals surface area (Å²) in [5.74, 6) is -0.191. The van der Waals surface area contributed by atoms with Gasteiger partial charge in [0.2, 0.25) is 0 Å². The third-order valence-electron chi connectivity index (χ3n) is 3.18. The Bertz CT molecular complexity index is 603. The van der Waals surface area contributed by atoms with Crippen LogP contribution in [0, 0.1) is 6.92 Å². The van der Waals surface area contributed by atoms with Gasteiger partial charge < -0.3 is 5.32 Å². The van der Waals surface area contributed by atoms with Gasteiger partial charge in [0, 0.05) is 6.20 Å². The summed E-state index contributed by atoms with van der Waals surface area (Å²) < 4.78 is 0. The maximum atomic E-state index is 12.5. The number of carbonyl (C=O) groups is 1. The maximum Gasteiger partial charge on any atom is 0.253 e. The fourth-order valence-corrected chi connectivity index (χ4v) is 2.37. The molecule has 4 heteroatoms. The zero-order valence-electron chi connectivity index (χ0n) is 11.8. The van der Waals surface area contributed by atoms with Gasteiger partial charge in [-0.3, -0.25) is 9.78 Å². The van der Waals surface area contributed by atoms with E-state index in [1.807, 2.05) is 51.1 Å². The Balaban J connectivity index is 2.28. The van der Waals surface area contributed by atoms with Crippen molar-refractivity contribution in [3.8, 4) is 0 Å². The summed E-state index contributed by atoms with van der Waals surface area (Å²) in [5.41, 5.74) is 1.60. The number of hydrogen-bond acceptors (Lipinski definition) is 2. The van der Waals surface area contributed by atoms with Crippen molar-refractivity contribution in [2.45, 2.75) is 26.3 Å². The van der Waals surface area contributed by atoms with Gasteiger partial charge in [0.25, 0.3) is 5.91 Å². The van der Waals surface area contributed by atoms with E-state index in [1.165, 1.54) is 0 Å². The smallest absolute Gasteiger partial charge is 0.253 e. The number of halogens is 1. The van der Waals surface area contributed by atoms with Crippen LogP contribution in [0.15, 0.2) is 42.6 Å². The van der Waals surface area contributed by atoms with Crippen LogP contribution in [0.5, 0.6) is 0 Å². The molecule has 0 unspecified atom stereocenters. The first-order valence-electron chi connectivity index (χ1n) is 6.41. The number of aromatic nitrogens is 1. The summed E-state index contributed by atoms with van der Waals surface area (Å²) in [5, 5.41) is 3.44. The van der Waals surface area contributed by atoms with Gasteiger partial charge in [0.15, 0.2) is 0 Å². The van der Waals surface area contributed by atoms with E-state index in [1.54, 1.807) is 12.3 Å². The molecular formula is C16H17ClN2O. The normalized spacial score (nSPS) is 11.2. The van der Waals surface area contributed by atoms with Crippen LogP contribution in [-0.2, 0) is 5.54 Å². The molecule has 0 fully saturated rings. The van der Waals surface area contributed by atoms with E-state index < -0.39 is 5.54 Å². The molecule has 0 aliphatic carbocycles. The van der Waals surface area contributed by atoms with Crippen LogP contribution in [0.25, 0.3) is 0 Å². The summed E-state index contributed by atoms with van der Waals surface area (Å²) in [7, 11) is 0. The highest BCUT2D eigenvalue weighted by Crippen LogP contribution is 2.23. The van der Waals surface area contributed by atoms with Crippen molar-refractivity contribution in [3.05, 3.63) is 64.4 Å². The maximum absolute atomic E-state index is 12.5. The second-order valence-electron chi connectivity index (χ2n) is 5.23. The third-order valence-corrected chi connectivity index (χ3v) is 3.50. The quantitative estimate of drug-likeness (QED) is 0.935. The summed E-state index contributed by atoms with van der Waals surface area (Å²) in [6.45, 7) is 5.70. The van der Waals surface area contributed by atoms with Crippen LogP contribution in [0.1, 0.15) is 35.5 Å². The molecule has 0 aliphatic heterocycles. The number of nitrogens with one attached hydrogen (secondary N) is 1. The largest absolute Gasteiger partial charge is 0.341 e. The SMILES string of the molecule is Cc1cccc(Cl)c1C(=O)NC(C)(C)c1ccccn1. The summed E-state index contributed by atoms with van der Waals surface area (Å²) in [6, 6.07) is 11.1. The molecule has 1 aromatic carbocycles. The summed E-state index contributed by atoms with van der Waals surface area (Å²) in [4.78, 5) is 16.7. The number of aryl methyl sites for hydroxylation is 1. The summed E-state index contributed by atoms with van der Waals surface area (Å²) in [6.07, 6.45) is 1.71. The van der Waals surface area contributed by atoms with Crippen LogP contribution >= 0.6 is 11.6 Å². The first-order valence-corrected chi connectivity index (χ1v) is 6.79. The Kier molecular flexibility index (Phi) is 4.09. The van der Waals surface area contributed by atoms with Gasteiger partial charge in [-0.15, -0.1) is 0 Å². The molecule has 1 amide bonds. The lowest BCUT2D eigenvalue weighted by molar-refractivity contribution is 0.0910. The van der Waals surface area contributed by atoms with Crippen molar-refractivity contribution in [2.24, 2.45) is 0 Å². The first-order chi connectivity index (χ1) is 9.42. The van der Waals surface area contributed by atoms with E-state index in [-0.39, 0.29) is 5.91 Å². The monoisotopic (exact) mass is 288 g/mol. The zero-order valence-corrected chi connectivity index (χ0v) is 12.5. The van der Waals surface area contributed by atoms with Crippen molar-refractivity contribution in [2.75, 3.05) is 0 Å². The molecule has 2 aromatic rings. The fourth-order valence-electron chi connectivity index (χ4n) is 2.06. The minimum atomic E-state index is -0.566. The van der Waals surface area contributed by atoms with Gasteiger partial charge in [-0.05, 0) is 44.5 Å². The molecule has 1 heterocycles. The molecule has 1 N–H and O–H groups in total. The number of amides is 1. The van der Waals surface area contributed by atoms with E-state index in [2.05, 4.69) is 10.3 Å². The molecular weight excluding hydrogens is 272 g/mol. The molecule has 0 spiro atoms. The lowest BCUT2D eigenvalue weighted by Gasteiger charge is -2.26. The highest BCUT2D eigenvalue weighted by molar-refractivity contribution is 6.34. The number of benzene rings is 1. The van der Waals surface area contributed by atoms with Crippen molar-refractivity contribution < 1.29 is 4.79 Å². The topological polar surface area (TPSA) is 42.0 Å². The highest BCUT2D eigenvalue weighted by atomic mass is 35.5. The summed E-state index contributed by atoms with van der Waals surface area (Å²) >= 11 is 6.12. The van der Waals surface area contributed by atoms with Crippen molar-refractivity contribution in [3.63, 3.8) is 0 Å². The average molecular weight is 289 g/mol. The molecule has 20 heavy (non-hydrogen) atoms. The standard InChI is InChI=1S/C16H17ClN2O/c1-11-7-6-8-12(17)14(11)15(20)19-16(2,3)13-9-4-5-10-18-13/h4-10H,1-3H3,(H,19,20). The third kappa shape index (κ3) is 2.99. The number of hydrogen-bond donors (Lipinski definition) is 1. The van der Waals surface area contributed by atoms with Gasteiger partial charge in [0.1, 0.15) is 0 Å². The molecule has 2 rings (SSSR count). The van der Waals surface area contributed by atoms with Crippen molar-refractivity contribution in [1.82, 2.24) is 10.3 Å². The molecule has 0 atom stereocenters. The zero-order chi connectivity index (χ0) is 14.8. The van der Waals surface area contributed by atoms with Gasteiger partial charge >= 0.3 is 0 Å². The molecule has 0 bridgehead atoms. The van der Waals surface area contributed by atoms with Crippen LogP contribution in [-0.4, -0.2) is 10.9 Å². The Morgan fingerprint density at radius 3 is 2.55 bits per heavy atom. The lowest BCUT2D eigenvalue weighted by Crippen LogP contribution is -2.42.